The van der Waals surface area contributed by atoms with Crippen molar-refractivity contribution in [3.63, 3.8) is 0 Å². The Balaban J connectivity index is 2.12. The van der Waals surface area contributed by atoms with Crippen LogP contribution in [0.5, 0.6) is 0 Å². The van der Waals surface area contributed by atoms with Gasteiger partial charge in [-0.1, -0.05) is 19.9 Å². The zero-order valence-corrected chi connectivity index (χ0v) is 12.9. The van der Waals surface area contributed by atoms with Gasteiger partial charge in [0.2, 0.25) is 0 Å². The maximum Gasteiger partial charge on any atom is 0.283 e. The van der Waals surface area contributed by atoms with Crippen molar-refractivity contribution >= 4 is 21.6 Å². The van der Waals surface area contributed by atoms with E-state index in [0.29, 0.717) is 16.4 Å². The smallest absolute Gasteiger partial charge is 0.283 e. The van der Waals surface area contributed by atoms with Crippen molar-refractivity contribution in [3.05, 3.63) is 38.3 Å². The van der Waals surface area contributed by atoms with Gasteiger partial charge < -0.3 is 0 Å². The molecule has 0 atom stereocenters. The van der Waals surface area contributed by atoms with Gasteiger partial charge in [0.25, 0.3) is 5.69 Å². The zero-order valence-electron chi connectivity index (χ0n) is 11.3. The number of hydrogen-bond donors (Lipinski definition) is 0. The van der Waals surface area contributed by atoms with Gasteiger partial charge in [0.1, 0.15) is 0 Å². The second-order valence-corrected chi connectivity index (χ2v) is 6.45. The number of nitro benzene ring substituents is 1. The standard InChI is InChI=1S/C14H19BrN2O2/c1-10(2)8-16(12-4-5-12)9-11-3-6-13(15)14(7-11)17(18)19/h3,6-7,10,12H,4-5,8-9H2,1-2H3. The number of halogens is 1. The molecule has 1 aromatic rings. The van der Waals surface area contributed by atoms with Gasteiger partial charge in [-0.05, 0) is 46.3 Å². The fourth-order valence-corrected chi connectivity index (χ4v) is 2.67. The Labute approximate surface area is 122 Å². The molecule has 0 heterocycles. The molecule has 0 saturated heterocycles. The molecule has 0 bridgehead atoms. The van der Waals surface area contributed by atoms with E-state index in [1.165, 1.54) is 12.8 Å². The number of nitrogens with zero attached hydrogens (tertiary/aromatic N) is 2. The predicted molar refractivity (Wildman–Crippen MR) is 79.1 cm³/mol. The molecule has 19 heavy (non-hydrogen) atoms. The monoisotopic (exact) mass is 326 g/mol. The summed E-state index contributed by atoms with van der Waals surface area (Å²) in [6.07, 6.45) is 2.51. The molecular formula is C14H19BrN2O2. The quantitative estimate of drug-likeness (QED) is 0.586. The lowest BCUT2D eigenvalue weighted by molar-refractivity contribution is -0.385. The van der Waals surface area contributed by atoms with Crippen LogP contribution in [0.15, 0.2) is 22.7 Å². The summed E-state index contributed by atoms with van der Waals surface area (Å²) >= 11 is 3.22. The Kier molecular flexibility index (Phi) is 4.58. The number of hydrogen-bond acceptors (Lipinski definition) is 3. The molecule has 1 aliphatic rings. The Bertz CT molecular complexity index is 473. The van der Waals surface area contributed by atoms with E-state index >= 15 is 0 Å². The van der Waals surface area contributed by atoms with Crippen LogP contribution in [0.4, 0.5) is 5.69 Å². The lowest BCUT2D eigenvalue weighted by atomic mass is 10.1. The predicted octanol–water partition coefficient (Wildman–Crippen LogP) is 3.98. The molecule has 0 aliphatic heterocycles. The molecule has 0 amide bonds. The highest BCUT2D eigenvalue weighted by molar-refractivity contribution is 9.10. The van der Waals surface area contributed by atoms with Gasteiger partial charge in [0, 0.05) is 25.2 Å². The van der Waals surface area contributed by atoms with Crippen LogP contribution in [0.2, 0.25) is 0 Å². The highest BCUT2D eigenvalue weighted by Crippen LogP contribution is 2.31. The van der Waals surface area contributed by atoms with Crippen molar-refractivity contribution in [2.45, 2.75) is 39.3 Å². The van der Waals surface area contributed by atoms with E-state index in [4.69, 9.17) is 0 Å². The lowest BCUT2D eigenvalue weighted by Gasteiger charge is -2.24. The maximum absolute atomic E-state index is 10.9. The van der Waals surface area contributed by atoms with Crippen molar-refractivity contribution < 1.29 is 4.92 Å². The molecule has 104 valence electrons. The molecule has 1 aromatic carbocycles. The first-order valence-electron chi connectivity index (χ1n) is 6.64. The third-order valence-electron chi connectivity index (χ3n) is 3.26. The van der Waals surface area contributed by atoms with Gasteiger partial charge in [0.05, 0.1) is 9.40 Å². The van der Waals surface area contributed by atoms with Gasteiger partial charge in [-0.2, -0.15) is 0 Å². The maximum atomic E-state index is 10.9. The average Bonchev–Trinajstić information content (AvgIpc) is 3.13. The van der Waals surface area contributed by atoms with E-state index in [9.17, 15) is 10.1 Å². The first kappa shape index (κ1) is 14.5. The summed E-state index contributed by atoms with van der Waals surface area (Å²) in [5.41, 5.74) is 1.17. The van der Waals surface area contributed by atoms with Crippen LogP contribution < -0.4 is 0 Å². The minimum atomic E-state index is -0.336. The third-order valence-corrected chi connectivity index (χ3v) is 3.93. The average molecular weight is 327 g/mol. The molecule has 0 spiro atoms. The van der Waals surface area contributed by atoms with Crippen LogP contribution in [-0.2, 0) is 6.54 Å². The SMILES string of the molecule is CC(C)CN(Cc1ccc(Br)c([N+](=O)[O-])c1)C1CC1. The van der Waals surface area contributed by atoms with Gasteiger partial charge in [-0.25, -0.2) is 0 Å². The van der Waals surface area contributed by atoms with Crippen LogP contribution in [0.1, 0.15) is 32.3 Å². The lowest BCUT2D eigenvalue weighted by Crippen LogP contribution is -2.29. The Morgan fingerprint density at radius 1 is 1.47 bits per heavy atom. The summed E-state index contributed by atoms with van der Waals surface area (Å²) in [6.45, 7) is 6.27. The summed E-state index contributed by atoms with van der Waals surface area (Å²) < 4.78 is 0.545. The summed E-state index contributed by atoms with van der Waals surface area (Å²) in [4.78, 5) is 13.1. The molecule has 2 rings (SSSR count). The van der Waals surface area contributed by atoms with E-state index in [2.05, 4.69) is 34.7 Å². The van der Waals surface area contributed by atoms with Crippen molar-refractivity contribution in [2.75, 3.05) is 6.54 Å². The molecule has 0 unspecified atom stereocenters. The highest BCUT2D eigenvalue weighted by atomic mass is 79.9. The van der Waals surface area contributed by atoms with Crippen molar-refractivity contribution in [1.82, 2.24) is 4.90 Å². The Hall–Kier alpha value is -0.940. The molecule has 1 aliphatic carbocycles. The van der Waals surface area contributed by atoms with Crippen molar-refractivity contribution in [3.8, 4) is 0 Å². The first-order chi connectivity index (χ1) is 8.97. The minimum Gasteiger partial charge on any atom is -0.296 e. The molecule has 5 heteroatoms. The summed E-state index contributed by atoms with van der Waals surface area (Å²) in [5, 5.41) is 10.9. The fraction of sp³-hybridized carbons (Fsp3) is 0.571. The van der Waals surface area contributed by atoms with Gasteiger partial charge in [-0.3, -0.25) is 15.0 Å². The van der Waals surface area contributed by atoms with E-state index in [-0.39, 0.29) is 10.6 Å². The summed E-state index contributed by atoms with van der Waals surface area (Å²) in [6, 6.07) is 6.09. The number of benzene rings is 1. The Morgan fingerprint density at radius 2 is 2.16 bits per heavy atom. The van der Waals surface area contributed by atoms with Crippen LogP contribution >= 0.6 is 15.9 Å². The van der Waals surface area contributed by atoms with Crippen LogP contribution in [0.3, 0.4) is 0 Å². The van der Waals surface area contributed by atoms with Gasteiger partial charge >= 0.3 is 0 Å². The second-order valence-electron chi connectivity index (χ2n) is 5.60. The van der Waals surface area contributed by atoms with Crippen LogP contribution in [0, 0.1) is 16.0 Å². The molecule has 0 aromatic heterocycles. The number of rotatable bonds is 6. The zero-order chi connectivity index (χ0) is 14.0. The van der Waals surface area contributed by atoms with Gasteiger partial charge in [0.15, 0.2) is 0 Å². The molecule has 1 saturated carbocycles. The molecule has 0 radical (unpaired) electrons. The largest absolute Gasteiger partial charge is 0.296 e. The molecule has 1 fully saturated rings. The normalized spacial score (nSPS) is 15.2. The van der Waals surface area contributed by atoms with Crippen molar-refractivity contribution in [2.24, 2.45) is 5.92 Å². The minimum absolute atomic E-state index is 0.151. The molecule has 0 N–H and O–H groups in total. The first-order valence-corrected chi connectivity index (χ1v) is 7.43. The molecule has 4 nitrogen and oxygen atoms in total. The summed E-state index contributed by atoms with van der Waals surface area (Å²) in [5.74, 6) is 0.617. The van der Waals surface area contributed by atoms with E-state index in [1.54, 1.807) is 12.1 Å². The van der Waals surface area contributed by atoms with Crippen molar-refractivity contribution in [1.29, 1.82) is 0 Å². The third kappa shape index (κ3) is 4.01. The molecular weight excluding hydrogens is 308 g/mol. The Morgan fingerprint density at radius 3 is 2.68 bits per heavy atom. The number of nitro groups is 1. The fourth-order valence-electron chi connectivity index (χ4n) is 2.28. The van der Waals surface area contributed by atoms with E-state index < -0.39 is 0 Å². The topological polar surface area (TPSA) is 46.4 Å². The van der Waals surface area contributed by atoms with E-state index in [0.717, 1.165) is 18.7 Å². The highest BCUT2D eigenvalue weighted by Gasteiger charge is 2.29. The van der Waals surface area contributed by atoms with Gasteiger partial charge in [-0.15, -0.1) is 0 Å². The van der Waals surface area contributed by atoms with Crippen LogP contribution in [-0.4, -0.2) is 22.4 Å². The van der Waals surface area contributed by atoms with E-state index in [1.807, 2.05) is 6.07 Å². The summed E-state index contributed by atoms with van der Waals surface area (Å²) in [7, 11) is 0. The second kappa shape index (κ2) is 6.01. The van der Waals surface area contributed by atoms with Crippen LogP contribution in [0.25, 0.3) is 0 Å².